The molecular weight excluding hydrogens is 328 g/mol. The lowest BCUT2D eigenvalue weighted by molar-refractivity contribution is -0.138. The van der Waals surface area contributed by atoms with Crippen LogP contribution in [0.3, 0.4) is 0 Å². The number of unbranched alkanes of at least 4 members (excludes halogenated alkanes) is 2. The second-order valence-corrected chi connectivity index (χ2v) is 8.52. The van der Waals surface area contributed by atoms with Crippen LogP contribution in [0.2, 0.25) is 0 Å². The second-order valence-electron chi connectivity index (χ2n) is 8.52. The predicted octanol–water partition coefficient (Wildman–Crippen LogP) is 4.61. The Balaban J connectivity index is 1.65. The lowest BCUT2D eigenvalue weighted by Gasteiger charge is -2.22. The molecule has 6 atom stereocenters. The largest absolute Gasteiger partial charge is 0.481 e. The minimum Gasteiger partial charge on any atom is -0.481 e. The van der Waals surface area contributed by atoms with E-state index in [9.17, 15) is 14.7 Å². The number of carboxylic acids is 1. The van der Waals surface area contributed by atoms with Crippen LogP contribution in [0.15, 0.2) is 12.2 Å². The first kappa shape index (κ1) is 21.1. The highest BCUT2D eigenvalue weighted by molar-refractivity contribution is 5.94. The van der Waals surface area contributed by atoms with Crippen molar-refractivity contribution in [3.63, 3.8) is 0 Å². The van der Waals surface area contributed by atoms with Crippen LogP contribution in [0, 0.1) is 29.6 Å². The first-order chi connectivity index (χ1) is 12.4. The van der Waals surface area contributed by atoms with E-state index >= 15 is 0 Å². The Kier molecular flexibility index (Phi) is 8.33. The molecule has 0 bridgehead atoms. The van der Waals surface area contributed by atoms with Crippen molar-refractivity contribution < 1.29 is 19.8 Å². The molecule has 1 saturated carbocycles. The number of aliphatic carboxylic acids is 1. The van der Waals surface area contributed by atoms with E-state index in [1.165, 1.54) is 0 Å². The van der Waals surface area contributed by atoms with Gasteiger partial charge in [-0.05, 0) is 62.4 Å². The standard InChI is InChI=1S/C22H36O4/c1-3-4-7-15(2)20(23)12-10-16-11-13-21(24)18(16)9-6-5-8-17-14-19(17)22(25)26/h11,13,15-20,23H,3-10,12,14H2,1-2H3,(H,25,26)/t15-,16+,17-,18-,19-,20-/m1/s1. The molecule has 2 rings (SSSR count). The summed E-state index contributed by atoms with van der Waals surface area (Å²) in [4.78, 5) is 23.0. The number of carbonyl (C=O) groups is 2. The molecule has 2 aliphatic rings. The maximum atomic E-state index is 12.2. The maximum Gasteiger partial charge on any atom is 0.306 e. The van der Waals surface area contributed by atoms with Crippen LogP contribution in [-0.2, 0) is 9.59 Å². The average molecular weight is 365 g/mol. The van der Waals surface area contributed by atoms with Gasteiger partial charge in [-0.2, -0.15) is 0 Å². The first-order valence-corrected chi connectivity index (χ1v) is 10.6. The third-order valence-electron chi connectivity index (χ3n) is 6.44. The SMILES string of the molecule is CCCC[C@@H](C)[C@H](O)CC[C@H]1C=CC(=O)[C@@H]1CCCC[C@@H]1C[C@H]1C(=O)O. The summed E-state index contributed by atoms with van der Waals surface area (Å²) in [5.41, 5.74) is 0. The topological polar surface area (TPSA) is 74.6 Å². The molecule has 0 radical (unpaired) electrons. The number of rotatable bonds is 13. The van der Waals surface area contributed by atoms with Crippen LogP contribution in [0.5, 0.6) is 0 Å². The fourth-order valence-electron chi connectivity index (χ4n) is 4.35. The number of hydrogen-bond donors (Lipinski definition) is 2. The molecule has 1 fully saturated rings. The molecule has 148 valence electrons. The van der Waals surface area contributed by atoms with E-state index in [-0.39, 0.29) is 29.6 Å². The van der Waals surface area contributed by atoms with Crippen LogP contribution >= 0.6 is 0 Å². The zero-order valence-corrected chi connectivity index (χ0v) is 16.4. The van der Waals surface area contributed by atoms with Crippen LogP contribution in [0.4, 0.5) is 0 Å². The normalized spacial score (nSPS) is 29.7. The molecule has 0 heterocycles. The van der Waals surface area contributed by atoms with E-state index in [1.54, 1.807) is 6.08 Å². The van der Waals surface area contributed by atoms with Gasteiger partial charge in [0, 0.05) is 5.92 Å². The highest BCUT2D eigenvalue weighted by Crippen LogP contribution is 2.42. The van der Waals surface area contributed by atoms with Crippen molar-refractivity contribution in [2.24, 2.45) is 29.6 Å². The Labute approximate surface area is 158 Å². The van der Waals surface area contributed by atoms with Crippen molar-refractivity contribution in [2.45, 2.75) is 84.2 Å². The molecule has 0 saturated heterocycles. The highest BCUT2D eigenvalue weighted by atomic mass is 16.4. The van der Waals surface area contributed by atoms with E-state index < -0.39 is 5.97 Å². The minimum absolute atomic E-state index is 0.0719. The minimum atomic E-state index is -0.656. The van der Waals surface area contributed by atoms with Crippen LogP contribution < -0.4 is 0 Å². The molecule has 2 aliphatic carbocycles. The van der Waals surface area contributed by atoms with Gasteiger partial charge in [-0.3, -0.25) is 9.59 Å². The smallest absolute Gasteiger partial charge is 0.306 e. The zero-order valence-electron chi connectivity index (χ0n) is 16.4. The molecule has 26 heavy (non-hydrogen) atoms. The monoisotopic (exact) mass is 364 g/mol. The number of hydrogen-bond acceptors (Lipinski definition) is 3. The summed E-state index contributed by atoms with van der Waals surface area (Å²) in [7, 11) is 0. The molecule has 4 nitrogen and oxygen atoms in total. The lowest BCUT2D eigenvalue weighted by atomic mass is 9.84. The molecule has 0 unspecified atom stereocenters. The van der Waals surface area contributed by atoms with Gasteiger partial charge in [0.1, 0.15) is 0 Å². The molecule has 2 N–H and O–H groups in total. The van der Waals surface area contributed by atoms with Crippen molar-refractivity contribution in [3.8, 4) is 0 Å². The quantitative estimate of drug-likeness (QED) is 0.468. The molecule has 4 heteroatoms. The van der Waals surface area contributed by atoms with E-state index in [1.807, 2.05) is 6.08 Å². The van der Waals surface area contributed by atoms with Gasteiger partial charge in [0.05, 0.1) is 12.0 Å². The zero-order chi connectivity index (χ0) is 19.1. The Morgan fingerprint density at radius 2 is 1.92 bits per heavy atom. The fraction of sp³-hybridized carbons (Fsp3) is 0.818. The molecule has 0 aromatic carbocycles. The van der Waals surface area contributed by atoms with Crippen molar-refractivity contribution in [1.29, 1.82) is 0 Å². The summed E-state index contributed by atoms with van der Waals surface area (Å²) in [6.45, 7) is 4.29. The summed E-state index contributed by atoms with van der Waals surface area (Å²) in [5, 5.41) is 19.3. The van der Waals surface area contributed by atoms with Crippen LogP contribution in [0.1, 0.15) is 78.1 Å². The van der Waals surface area contributed by atoms with Gasteiger partial charge < -0.3 is 10.2 Å². The fourth-order valence-corrected chi connectivity index (χ4v) is 4.35. The second kappa shape index (κ2) is 10.2. The Morgan fingerprint density at radius 1 is 1.19 bits per heavy atom. The molecule has 0 aromatic heterocycles. The van der Waals surface area contributed by atoms with Gasteiger partial charge >= 0.3 is 5.97 Å². The van der Waals surface area contributed by atoms with E-state index in [4.69, 9.17) is 5.11 Å². The highest BCUT2D eigenvalue weighted by Gasteiger charge is 2.42. The van der Waals surface area contributed by atoms with Gasteiger partial charge in [-0.1, -0.05) is 45.6 Å². The van der Waals surface area contributed by atoms with E-state index in [0.29, 0.717) is 11.8 Å². The van der Waals surface area contributed by atoms with Gasteiger partial charge in [-0.15, -0.1) is 0 Å². The Bertz CT molecular complexity index is 498. The van der Waals surface area contributed by atoms with Crippen molar-refractivity contribution in [2.75, 3.05) is 0 Å². The van der Waals surface area contributed by atoms with E-state index in [0.717, 1.165) is 64.2 Å². The molecule has 0 spiro atoms. The third kappa shape index (κ3) is 6.22. The maximum absolute atomic E-state index is 12.2. The Hall–Kier alpha value is -1.16. The van der Waals surface area contributed by atoms with Gasteiger partial charge in [-0.25, -0.2) is 0 Å². The number of carboxylic acid groups (broad SMARTS) is 1. The van der Waals surface area contributed by atoms with E-state index in [2.05, 4.69) is 13.8 Å². The van der Waals surface area contributed by atoms with Crippen LogP contribution in [0.25, 0.3) is 0 Å². The first-order valence-electron chi connectivity index (χ1n) is 10.6. The number of aliphatic hydroxyl groups excluding tert-OH is 1. The average Bonchev–Trinajstić information content (AvgIpc) is 3.32. The number of aliphatic hydroxyl groups is 1. The summed E-state index contributed by atoms with van der Waals surface area (Å²) >= 11 is 0. The van der Waals surface area contributed by atoms with Crippen molar-refractivity contribution >= 4 is 11.8 Å². The summed E-state index contributed by atoms with van der Waals surface area (Å²) in [6.07, 6.45) is 13.2. The number of allylic oxidation sites excluding steroid dienone is 2. The number of ketones is 1. The van der Waals surface area contributed by atoms with Crippen LogP contribution in [-0.4, -0.2) is 28.1 Å². The van der Waals surface area contributed by atoms with Gasteiger partial charge in [0.2, 0.25) is 0 Å². The summed E-state index contributed by atoms with van der Waals surface area (Å²) < 4.78 is 0. The molecule has 0 aromatic rings. The third-order valence-corrected chi connectivity index (χ3v) is 6.44. The molecular formula is C22H36O4. The summed E-state index contributed by atoms with van der Waals surface area (Å²) in [5.74, 6) is 0.491. The molecule has 0 aliphatic heterocycles. The summed E-state index contributed by atoms with van der Waals surface area (Å²) in [6, 6.07) is 0. The molecule has 0 amide bonds. The number of carbonyl (C=O) groups excluding carboxylic acids is 1. The predicted molar refractivity (Wildman–Crippen MR) is 103 cm³/mol. The Morgan fingerprint density at radius 3 is 2.58 bits per heavy atom. The van der Waals surface area contributed by atoms with Crippen molar-refractivity contribution in [1.82, 2.24) is 0 Å². The lowest BCUT2D eigenvalue weighted by Crippen LogP contribution is -2.21. The van der Waals surface area contributed by atoms with Crippen molar-refractivity contribution in [3.05, 3.63) is 12.2 Å². The van der Waals surface area contributed by atoms with Gasteiger partial charge in [0.25, 0.3) is 0 Å². The van der Waals surface area contributed by atoms with Gasteiger partial charge in [0.15, 0.2) is 5.78 Å².